The number of hydrogen-bond donors (Lipinski definition) is 2. The fourth-order valence-corrected chi connectivity index (χ4v) is 2.74. The average molecular weight is 303 g/mol. The Bertz CT molecular complexity index is 605. The zero-order chi connectivity index (χ0) is 15.2. The van der Waals surface area contributed by atoms with Gasteiger partial charge in [-0.15, -0.1) is 11.3 Å². The minimum absolute atomic E-state index is 0.0129. The van der Waals surface area contributed by atoms with E-state index in [4.69, 9.17) is 5.73 Å². The van der Waals surface area contributed by atoms with Gasteiger partial charge in [-0.2, -0.15) is 0 Å². The zero-order valence-corrected chi connectivity index (χ0v) is 13.2. The van der Waals surface area contributed by atoms with E-state index in [1.54, 1.807) is 11.3 Å². The van der Waals surface area contributed by atoms with E-state index in [-0.39, 0.29) is 11.8 Å². The van der Waals surface area contributed by atoms with Crippen molar-refractivity contribution in [2.24, 2.45) is 11.7 Å². The summed E-state index contributed by atoms with van der Waals surface area (Å²) in [5.74, 6) is 0.258. The first-order valence-electron chi connectivity index (χ1n) is 7.14. The maximum Gasteiger partial charge on any atom is 0.224 e. The molecule has 0 spiro atoms. The summed E-state index contributed by atoms with van der Waals surface area (Å²) < 4.78 is 0. The van der Waals surface area contributed by atoms with Gasteiger partial charge in [-0.25, -0.2) is 4.98 Å². The second kappa shape index (κ2) is 7.33. The van der Waals surface area contributed by atoms with Gasteiger partial charge in [0.2, 0.25) is 5.91 Å². The Morgan fingerprint density at radius 2 is 2.29 bits per heavy atom. The molecule has 0 fully saturated rings. The highest BCUT2D eigenvalue weighted by molar-refractivity contribution is 7.09. The molecule has 1 heterocycles. The van der Waals surface area contributed by atoms with E-state index in [1.807, 2.05) is 36.6 Å². The van der Waals surface area contributed by atoms with Crippen LogP contribution < -0.4 is 11.1 Å². The molecule has 1 aromatic heterocycles. The number of rotatable bonds is 6. The van der Waals surface area contributed by atoms with Crippen LogP contribution >= 0.6 is 11.3 Å². The zero-order valence-electron chi connectivity index (χ0n) is 12.4. The molecule has 1 aromatic carbocycles. The van der Waals surface area contributed by atoms with Gasteiger partial charge in [-0.1, -0.05) is 25.5 Å². The molecule has 112 valence electrons. The lowest BCUT2D eigenvalue weighted by molar-refractivity contribution is -0.117. The van der Waals surface area contributed by atoms with E-state index < -0.39 is 0 Å². The van der Waals surface area contributed by atoms with Crippen LogP contribution in [0.1, 0.15) is 24.8 Å². The van der Waals surface area contributed by atoms with Gasteiger partial charge in [0.05, 0.1) is 10.7 Å². The molecule has 0 aliphatic heterocycles. The molecule has 0 aliphatic carbocycles. The van der Waals surface area contributed by atoms with Crippen molar-refractivity contribution in [2.45, 2.75) is 26.7 Å². The number of aryl methyl sites for hydroxylation is 1. The smallest absolute Gasteiger partial charge is 0.224 e. The molecule has 0 saturated heterocycles. The molecule has 0 saturated carbocycles. The lowest BCUT2D eigenvalue weighted by atomic mass is 10.0. The Labute approximate surface area is 129 Å². The standard InChI is InChI=1S/C16H21N3OS/c1-3-12(9-17)7-16(20)19-14-6-4-5-13(8-14)15-10-21-11(2)18-15/h4-6,8,10,12H,3,7,9,17H2,1-2H3,(H,19,20). The molecule has 2 rings (SSSR count). The van der Waals surface area contributed by atoms with Gasteiger partial charge in [-0.3, -0.25) is 4.79 Å². The van der Waals surface area contributed by atoms with Crippen LogP contribution in [0.4, 0.5) is 5.69 Å². The number of amides is 1. The summed E-state index contributed by atoms with van der Waals surface area (Å²) in [5, 5.41) is 6.00. The van der Waals surface area contributed by atoms with Gasteiger partial charge < -0.3 is 11.1 Å². The van der Waals surface area contributed by atoms with E-state index >= 15 is 0 Å². The van der Waals surface area contributed by atoms with E-state index in [0.29, 0.717) is 13.0 Å². The first-order valence-corrected chi connectivity index (χ1v) is 8.02. The van der Waals surface area contributed by atoms with Crippen LogP contribution in [-0.4, -0.2) is 17.4 Å². The fraction of sp³-hybridized carbons (Fsp3) is 0.375. The number of carbonyl (C=O) groups is 1. The maximum atomic E-state index is 12.0. The largest absolute Gasteiger partial charge is 0.330 e. The lowest BCUT2D eigenvalue weighted by Crippen LogP contribution is -2.21. The third kappa shape index (κ3) is 4.37. The third-order valence-corrected chi connectivity index (χ3v) is 4.22. The second-order valence-electron chi connectivity index (χ2n) is 5.09. The third-order valence-electron chi connectivity index (χ3n) is 3.45. The monoisotopic (exact) mass is 303 g/mol. The second-order valence-corrected chi connectivity index (χ2v) is 6.16. The van der Waals surface area contributed by atoms with Crippen molar-refractivity contribution in [3.8, 4) is 11.3 Å². The molecule has 5 heteroatoms. The molecule has 1 unspecified atom stereocenters. The SMILES string of the molecule is CCC(CN)CC(=O)Nc1cccc(-c2csc(C)n2)c1. The summed E-state index contributed by atoms with van der Waals surface area (Å²) in [6, 6.07) is 7.78. The first kappa shape index (κ1) is 15.7. The topological polar surface area (TPSA) is 68.0 Å². The number of nitrogens with two attached hydrogens (primary N) is 1. The quantitative estimate of drug-likeness (QED) is 0.859. The number of nitrogens with one attached hydrogen (secondary N) is 1. The Kier molecular flexibility index (Phi) is 5.47. The van der Waals surface area contributed by atoms with Crippen molar-refractivity contribution in [3.63, 3.8) is 0 Å². The Hall–Kier alpha value is -1.72. The Morgan fingerprint density at radius 1 is 1.48 bits per heavy atom. The number of anilines is 1. The predicted molar refractivity (Wildman–Crippen MR) is 88.4 cm³/mol. The van der Waals surface area contributed by atoms with Gasteiger partial charge in [0.25, 0.3) is 0 Å². The van der Waals surface area contributed by atoms with Crippen LogP contribution in [0.2, 0.25) is 0 Å². The summed E-state index contributed by atoms with van der Waals surface area (Å²) in [6.07, 6.45) is 1.38. The minimum atomic E-state index is 0.0129. The molecule has 21 heavy (non-hydrogen) atoms. The first-order chi connectivity index (χ1) is 10.1. The molecular formula is C16H21N3OS. The summed E-state index contributed by atoms with van der Waals surface area (Å²) in [7, 11) is 0. The van der Waals surface area contributed by atoms with Crippen molar-refractivity contribution in [2.75, 3.05) is 11.9 Å². The van der Waals surface area contributed by atoms with E-state index in [1.165, 1.54) is 0 Å². The van der Waals surface area contributed by atoms with Crippen LogP contribution in [0.5, 0.6) is 0 Å². The number of benzene rings is 1. The molecule has 3 N–H and O–H groups in total. The van der Waals surface area contributed by atoms with Gasteiger partial charge in [0.1, 0.15) is 0 Å². The van der Waals surface area contributed by atoms with Crippen LogP contribution in [0.15, 0.2) is 29.6 Å². The highest BCUT2D eigenvalue weighted by Crippen LogP contribution is 2.24. The number of thiazole rings is 1. The molecule has 2 aromatic rings. The predicted octanol–water partition coefficient (Wildman–Crippen LogP) is 3.43. The summed E-state index contributed by atoms with van der Waals surface area (Å²) >= 11 is 1.62. The number of nitrogens with zero attached hydrogens (tertiary/aromatic N) is 1. The van der Waals surface area contributed by atoms with Crippen molar-refractivity contribution in [3.05, 3.63) is 34.7 Å². The molecule has 1 atom stereocenters. The fourth-order valence-electron chi connectivity index (χ4n) is 2.12. The Morgan fingerprint density at radius 3 is 2.90 bits per heavy atom. The van der Waals surface area contributed by atoms with E-state index in [9.17, 15) is 4.79 Å². The van der Waals surface area contributed by atoms with Crippen LogP contribution in [0.3, 0.4) is 0 Å². The Balaban J connectivity index is 2.06. The molecule has 0 bridgehead atoms. The summed E-state index contributed by atoms with van der Waals surface area (Å²) in [6.45, 7) is 4.58. The average Bonchev–Trinajstić information content (AvgIpc) is 2.91. The van der Waals surface area contributed by atoms with Crippen molar-refractivity contribution < 1.29 is 4.79 Å². The summed E-state index contributed by atoms with van der Waals surface area (Å²) in [4.78, 5) is 16.5. The highest BCUT2D eigenvalue weighted by Gasteiger charge is 2.11. The van der Waals surface area contributed by atoms with Crippen LogP contribution in [0.25, 0.3) is 11.3 Å². The highest BCUT2D eigenvalue weighted by atomic mass is 32.1. The lowest BCUT2D eigenvalue weighted by Gasteiger charge is -2.12. The van der Waals surface area contributed by atoms with Gasteiger partial charge in [0, 0.05) is 23.1 Å². The number of carbonyl (C=O) groups excluding carboxylic acids is 1. The van der Waals surface area contributed by atoms with Gasteiger partial charge >= 0.3 is 0 Å². The van der Waals surface area contributed by atoms with Crippen molar-refractivity contribution in [1.29, 1.82) is 0 Å². The normalized spacial score (nSPS) is 12.1. The summed E-state index contributed by atoms with van der Waals surface area (Å²) in [5.41, 5.74) is 8.40. The van der Waals surface area contributed by atoms with Gasteiger partial charge in [0.15, 0.2) is 0 Å². The molecule has 1 amide bonds. The van der Waals surface area contributed by atoms with Crippen molar-refractivity contribution >= 4 is 22.9 Å². The number of hydrogen-bond acceptors (Lipinski definition) is 4. The molecule has 0 radical (unpaired) electrons. The maximum absolute atomic E-state index is 12.0. The van der Waals surface area contributed by atoms with E-state index in [2.05, 4.69) is 17.2 Å². The molecular weight excluding hydrogens is 282 g/mol. The van der Waals surface area contributed by atoms with Gasteiger partial charge in [-0.05, 0) is 31.5 Å². The van der Waals surface area contributed by atoms with Crippen LogP contribution in [-0.2, 0) is 4.79 Å². The van der Waals surface area contributed by atoms with E-state index in [0.717, 1.165) is 28.4 Å². The minimum Gasteiger partial charge on any atom is -0.330 e. The van der Waals surface area contributed by atoms with Crippen LogP contribution in [0, 0.1) is 12.8 Å². The number of aromatic nitrogens is 1. The molecule has 4 nitrogen and oxygen atoms in total. The molecule has 0 aliphatic rings. The van der Waals surface area contributed by atoms with Crippen molar-refractivity contribution in [1.82, 2.24) is 4.98 Å².